The minimum absolute atomic E-state index is 0.213. The summed E-state index contributed by atoms with van der Waals surface area (Å²) in [5.74, 6) is 1.43. The predicted molar refractivity (Wildman–Crippen MR) is 335 cm³/mol. The Morgan fingerprint density at radius 3 is 1.57 bits per heavy atom. The Bertz CT molecular complexity index is 2940. The molecule has 8 rings (SSSR count). The number of benzene rings is 2. The van der Waals surface area contributed by atoms with E-state index in [1.54, 1.807) is 63.2 Å². The van der Waals surface area contributed by atoms with E-state index in [1.807, 2.05) is 124 Å². The van der Waals surface area contributed by atoms with Crippen molar-refractivity contribution in [2.24, 2.45) is 5.73 Å². The maximum absolute atomic E-state index is 13.4. The van der Waals surface area contributed by atoms with E-state index in [-0.39, 0.29) is 30.3 Å². The van der Waals surface area contributed by atoms with Crippen LogP contribution in [0.15, 0.2) is 108 Å². The second-order valence-electron chi connectivity index (χ2n) is 21.9. The zero-order chi connectivity index (χ0) is 64.6. The van der Waals surface area contributed by atoms with Crippen LogP contribution in [0, 0.1) is 20.8 Å². The molecule has 2 aromatic carbocycles. The first kappa shape index (κ1) is 75.9. The average Bonchev–Trinajstić information content (AvgIpc) is 3.39. The molecule has 5 aromatic rings. The monoisotopic (exact) mass is 1340 g/mol. The summed E-state index contributed by atoms with van der Waals surface area (Å²) in [4.78, 5) is 72.7. The normalized spacial score (nSPS) is 14.6. The SMILES string of the molecule is CC(C)(C)OC(=O)N1CCC(N)CC1.CCc1ccc(S(=O)(=O)N2CCC(N(C(=O)Nc3ccccc3Cl)c3cccc(C)n3)CC2)cc1.C[C-]=O.C[C-]=O.Cc1cccc(Cl)n1.Cc1cccc(NC2CCN(C(=O)OC(C)(C)C)CC2)n1.[O]=[Pd]. The van der Waals surface area contributed by atoms with Gasteiger partial charge in [-0.05, 0) is 173 Å². The Morgan fingerprint density at radius 2 is 1.13 bits per heavy atom. The second kappa shape index (κ2) is 38.8. The molecule has 6 heterocycles. The number of aromatic nitrogens is 3. The minimum atomic E-state index is -3.60. The number of anilines is 3. The molecule has 20 nitrogen and oxygen atoms in total. The van der Waals surface area contributed by atoms with Gasteiger partial charge in [-0.1, -0.05) is 72.6 Å². The third-order valence-electron chi connectivity index (χ3n) is 12.6. The molecule has 0 spiro atoms. The van der Waals surface area contributed by atoms with E-state index in [1.165, 1.54) is 49.9 Å². The van der Waals surface area contributed by atoms with Gasteiger partial charge in [0.1, 0.15) is 28.0 Å². The van der Waals surface area contributed by atoms with Gasteiger partial charge in [0.2, 0.25) is 10.0 Å². The molecule has 0 aliphatic carbocycles. The summed E-state index contributed by atoms with van der Waals surface area (Å²) in [6.45, 7) is 25.2. The fraction of sp³-hybridized carbons (Fsp3) is 0.484. The molecule has 476 valence electrons. The van der Waals surface area contributed by atoms with E-state index in [9.17, 15) is 22.8 Å². The number of para-hydroxylation sites is 1. The average molecular weight is 1340 g/mol. The Kier molecular flexibility index (Phi) is 34.2. The summed E-state index contributed by atoms with van der Waals surface area (Å²) in [5, 5.41) is 7.32. The summed E-state index contributed by atoms with van der Waals surface area (Å²) < 4.78 is 46.7. The van der Waals surface area contributed by atoms with E-state index < -0.39 is 21.2 Å². The molecule has 0 radical (unpaired) electrons. The summed E-state index contributed by atoms with van der Waals surface area (Å²) in [7, 11) is -3.60. The molecule has 86 heavy (non-hydrogen) atoms. The topological polar surface area (TPSA) is 257 Å². The number of halogens is 2. The molecule has 3 fully saturated rings. The molecule has 0 bridgehead atoms. The van der Waals surface area contributed by atoms with Crippen molar-refractivity contribution in [3.63, 3.8) is 0 Å². The van der Waals surface area contributed by atoms with Crippen LogP contribution in [0.1, 0.15) is 123 Å². The first-order valence-electron chi connectivity index (χ1n) is 28.2. The van der Waals surface area contributed by atoms with Crippen LogP contribution in [-0.4, -0.2) is 137 Å². The van der Waals surface area contributed by atoms with Gasteiger partial charge in [0.05, 0.1) is 15.6 Å². The standard InChI is InChI=1S/C26H29ClN4O3S.C16H25N3O2.C10H20N2O2.C6H6ClN.2C2H3O.O.Pd/c1-3-20-11-13-22(14-12-20)35(33,34)30-17-15-21(16-18-30)31(25-10-6-7-19(2)28-25)26(32)29-24-9-5-4-8-23(24)27;1-12-6-5-7-14(17-12)18-13-8-10-19(11-9-13)15(20)21-16(2,3)4;1-10(2,3)14-9(13)12-6-4-8(11)5-7-12;1-5-3-2-4-6(7)8-5;2*1-2-3;;/h4-14,21H,3,15-18H2,1-2H3,(H,29,32);5-7,13H,8-11H2,1-4H3,(H,17,18);8H,4-7,11H2,1-3H3;2-4H,1H3;2*1H3;;/q;;;;2*-1;;. The number of nitrogens with zero attached hydrogens (tertiary/aromatic N) is 7. The van der Waals surface area contributed by atoms with Gasteiger partial charge in [-0.15, -0.1) is 0 Å². The molecular weight excluding hydrogens is 1250 g/mol. The predicted octanol–water partition coefficient (Wildman–Crippen LogP) is 12.2. The van der Waals surface area contributed by atoms with Gasteiger partial charge >= 0.3 is 40.8 Å². The molecule has 3 aliphatic heterocycles. The molecule has 3 aromatic heterocycles. The van der Waals surface area contributed by atoms with Crippen molar-refractivity contribution in [2.45, 2.75) is 162 Å². The van der Waals surface area contributed by atoms with Gasteiger partial charge in [0.15, 0.2) is 0 Å². The number of carbonyl (C=O) groups excluding carboxylic acids is 5. The number of nitrogens with one attached hydrogen (secondary N) is 2. The van der Waals surface area contributed by atoms with Crippen molar-refractivity contribution < 1.29 is 64.5 Å². The van der Waals surface area contributed by atoms with Gasteiger partial charge in [-0.3, -0.25) is 17.5 Å². The molecule has 3 saturated heterocycles. The summed E-state index contributed by atoms with van der Waals surface area (Å²) >= 11 is 13.3. The van der Waals surface area contributed by atoms with Crippen LogP contribution in [-0.2, 0) is 58.1 Å². The number of pyridine rings is 3. The number of hydrogen-bond donors (Lipinski definition) is 3. The molecule has 0 unspecified atom stereocenters. The number of likely N-dealkylation sites (tertiary alicyclic amines) is 2. The fourth-order valence-corrected chi connectivity index (χ4v) is 10.4. The fourth-order valence-electron chi connectivity index (χ4n) is 8.53. The van der Waals surface area contributed by atoms with Crippen LogP contribution in [0.4, 0.5) is 31.7 Å². The molecule has 3 aliphatic rings. The van der Waals surface area contributed by atoms with Gasteiger partial charge in [0.25, 0.3) is 0 Å². The summed E-state index contributed by atoms with van der Waals surface area (Å²) in [6, 6.07) is 31.1. The van der Waals surface area contributed by atoms with Crippen LogP contribution in [0.25, 0.3) is 0 Å². The van der Waals surface area contributed by atoms with E-state index in [2.05, 4.69) is 25.6 Å². The molecular formula is C62H86Cl2N10O10PdS-2. The Hall–Kier alpha value is -6.25. The molecule has 4 N–H and O–H groups in total. The van der Waals surface area contributed by atoms with Crippen LogP contribution < -0.4 is 21.3 Å². The van der Waals surface area contributed by atoms with Gasteiger partial charge < -0.3 is 45.2 Å². The van der Waals surface area contributed by atoms with Gasteiger partial charge in [0, 0.05) is 74.5 Å². The Labute approximate surface area is 530 Å². The maximum atomic E-state index is 13.4. The quantitative estimate of drug-likeness (QED) is 0.0741. The number of ether oxygens (including phenoxy) is 2. The zero-order valence-corrected chi connectivity index (χ0v) is 55.4. The van der Waals surface area contributed by atoms with Crippen molar-refractivity contribution in [1.29, 1.82) is 0 Å². The number of nitrogens with two attached hydrogens (primary N) is 1. The van der Waals surface area contributed by atoms with Crippen molar-refractivity contribution in [2.75, 3.05) is 54.8 Å². The van der Waals surface area contributed by atoms with Crippen molar-refractivity contribution in [3.8, 4) is 0 Å². The van der Waals surface area contributed by atoms with Crippen LogP contribution in [0.5, 0.6) is 0 Å². The van der Waals surface area contributed by atoms with E-state index in [0.29, 0.717) is 58.5 Å². The van der Waals surface area contributed by atoms with Gasteiger partial charge in [-0.2, -0.15) is 18.2 Å². The number of amides is 4. The van der Waals surface area contributed by atoms with Crippen LogP contribution >= 0.6 is 23.2 Å². The number of sulfonamides is 1. The second-order valence-corrected chi connectivity index (χ2v) is 24.6. The van der Waals surface area contributed by atoms with Crippen LogP contribution in [0.2, 0.25) is 10.2 Å². The van der Waals surface area contributed by atoms with E-state index in [0.717, 1.165) is 86.7 Å². The van der Waals surface area contributed by atoms with Crippen molar-refractivity contribution >= 4 is 81.3 Å². The Balaban J connectivity index is 0.000000418. The van der Waals surface area contributed by atoms with E-state index >= 15 is 0 Å². The number of urea groups is 1. The van der Waals surface area contributed by atoms with E-state index in [4.69, 9.17) is 51.5 Å². The van der Waals surface area contributed by atoms with Crippen LogP contribution in [0.3, 0.4) is 0 Å². The third kappa shape index (κ3) is 28.5. The third-order valence-corrected chi connectivity index (χ3v) is 15.1. The molecule has 0 atom stereocenters. The zero-order valence-electron chi connectivity index (χ0n) is 51.5. The van der Waals surface area contributed by atoms with Crippen molar-refractivity contribution in [3.05, 3.63) is 136 Å². The number of piperidine rings is 3. The molecule has 0 saturated carbocycles. The van der Waals surface area contributed by atoms with Gasteiger partial charge in [-0.25, -0.2) is 37.8 Å². The Morgan fingerprint density at radius 1 is 0.663 bits per heavy atom. The number of hydrogen-bond acceptors (Lipinski definition) is 15. The first-order valence-corrected chi connectivity index (χ1v) is 31.0. The van der Waals surface area contributed by atoms with Crippen molar-refractivity contribution in [1.82, 2.24) is 29.1 Å². The molecule has 4 amide bonds. The number of aryl methyl sites for hydroxylation is 4. The molecule has 24 heteroatoms. The summed E-state index contributed by atoms with van der Waals surface area (Å²) in [6.07, 6.45) is 7.96. The summed E-state index contributed by atoms with van der Waals surface area (Å²) in [5.41, 5.74) is 9.25. The first-order chi connectivity index (χ1) is 40.6. The number of rotatable bonds is 8. The number of carbonyl (C=O) groups is 3.